The smallest absolute Gasteiger partial charge is 0.128 e. The number of nitrogens with one attached hydrogen (secondary N) is 1. The highest BCUT2D eigenvalue weighted by atomic mass is 16.5. The lowest BCUT2D eigenvalue weighted by molar-refractivity contribution is 0.0218. The molecule has 0 radical (unpaired) electrons. The predicted octanol–water partition coefficient (Wildman–Crippen LogP) is 3.84. The molecule has 0 spiro atoms. The number of aryl methyl sites for hydroxylation is 1. The quantitative estimate of drug-likeness (QED) is 0.864. The number of rotatable bonds is 6. The fourth-order valence-electron chi connectivity index (χ4n) is 3.29. The van der Waals surface area contributed by atoms with Gasteiger partial charge in [0.1, 0.15) is 11.4 Å². The van der Waals surface area contributed by atoms with E-state index in [0.717, 1.165) is 38.1 Å². The van der Waals surface area contributed by atoms with Crippen molar-refractivity contribution in [1.29, 1.82) is 0 Å². The summed E-state index contributed by atoms with van der Waals surface area (Å²) in [4.78, 5) is 2.22. The van der Waals surface area contributed by atoms with Gasteiger partial charge in [0.05, 0.1) is 0 Å². The molecule has 2 rings (SSSR count). The highest BCUT2D eigenvalue weighted by Crippen LogP contribution is 2.44. The van der Waals surface area contributed by atoms with Crippen molar-refractivity contribution in [3.05, 3.63) is 28.8 Å². The topological polar surface area (TPSA) is 24.5 Å². The Hall–Kier alpha value is -1.06. The van der Waals surface area contributed by atoms with E-state index >= 15 is 0 Å². The first kappa shape index (κ1) is 17.3. The molecule has 3 nitrogen and oxygen atoms in total. The minimum absolute atomic E-state index is 0.0265. The summed E-state index contributed by atoms with van der Waals surface area (Å²) in [5.74, 6) is 1.12. The van der Waals surface area contributed by atoms with Gasteiger partial charge in [0.15, 0.2) is 0 Å². The molecular weight excluding hydrogens is 272 g/mol. The van der Waals surface area contributed by atoms with Crippen LogP contribution in [0.2, 0.25) is 0 Å². The summed E-state index contributed by atoms with van der Waals surface area (Å²) >= 11 is 0. The number of benzene rings is 1. The van der Waals surface area contributed by atoms with Crippen LogP contribution >= 0.6 is 0 Å². The maximum Gasteiger partial charge on any atom is 0.128 e. The highest BCUT2D eigenvalue weighted by Gasteiger charge is 2.39. The van der Waals surface area contributed by atoms with E-state index in [9.17, 15) is 0 Å². The van der Waals surface area contributed by atoms with E-state index in [-0.39, 0.29) is 5.60 Å². The summed E-state index contributed by atoms with van der Waals surface area (Å²) < 4.78 is 6.54. The van der Waals surface area contributed by atoms with E-state index in [1.165, 1.54) is 16.7 Å². The molecule has 1 aliphatic heterocycles. The number of hydrogen-bond acceptors (Lipinski definition) is 3. The van der Waals surface area contributed by atoms with Crippen LogP contribution in [0.15, 0.2) is 12.1 Å². The molecule has 1 N–H and O–H groups in total. The Labute approximate surface area is 136 Å². The fraction of sp³-hybridized carbons (Fsp3) is 0.684. The normalized spacial score (nSPS) is 19.9. The first-order chi connectivity index (χ1) is 10.4. The lowest BCUT2D eigenvalue weighted by atomic mass is 9.82. The van der Waals surface area contributed by atoms with Crippen molar-refractivity contribution < 1.29 is 4.74 Å². The molecule has 0 amide bonds. The number of nitrogens with zero attached hydrogens (tertiary/aromatic N) is 1. The van der Waals surface area contributed by atoms with Gasteiger partial charge in [0, 0.05) is 31.1 Å². The Bertz CT molecular complexity index is 506. The van der Waals surface area contributed by atoms with Gasteiger partial charge in [-0.3, -0.25) is 0 Å². The molecule has 1 heterocycles. The van der Waals surface area contributed by atoms with Crippen LogP contribution in [-0.4, -0.2) is 37.7 Å². The largest absolute Gasteiger partial charge is 0.487 e. The number of hydrogen-bond donors (Lipinski definition) is 1. The molecule has 3 heteroatoms. The van der Waals surface area contributed by atoms with Crippen molar-refractivity contribution in [1.82, 2.24) is 10.2 Å². The first-order valence-corrected chi connectivity index (χ1v) is 8.59. The summed E-state index contributed by atoms with van der Waals surface area (Å²) in [6.07, 6.45) is 3.17. The molecule has 1 aromatic carbocycles. The van der Waals surface area contributed by atoms with Gasteiger partial charge in [-0.1, -0.05) is 26.0 Å². The van der Waals surface area contributed by atoms with Crippen molar-refractivity contribution in [3.63, 3.8) is 0 Å². The van der Waals surface area contributed by atoms with Crippen LogP contribution in [0.3, 0.4) is 0 Å². The number of ether oxygens (including phenoxy) is 1. The Morgan fingerprint density at radius 3 is 2.50 bits per heavy atom. The third-order valence-corrected chi connectivity index (χ3v) is 5.22. The maximum atomic E-state index is 6.54. The molecule has 1 aromatic rings. The first-order valence-electron chi connectivity index (χ1n) is 8.59. The molecule has 0 saturated heterocycles. The Morgan fingerprint density at radius 2 is 1.91 bits per heavy atom. The third kappa shape index (κ3) is 3.47. The lowest BCUT2D eigenvalue weighted by Gasteiger charge is -2.43. The van der Waals surface area contributed by atoms with Crippen LogP contribution in [0, 0.1) is 13.8 Å². The molecule has 1 atom stereocenters. The second-order valence-electron chi connectivity index (χ2n) is 6.93. The zero-order valence-electron chi connectivity index (χ0n) is 15.1. The highest BCUT2D eigenvalue weighted by molar-refractivity contribution is 5.48. The van der Waals surface area contributed by atoms with E-state index in [1.54, 1.807) is 0 Å². The molecule has 22 heavy (non-hydrogen) atoms. The zero-order chi connectivity index (χ0) is 16.3. The maximum absolute atomic E-state index is 6.54. The van der Waals surface area contributed by atoms with E-state index in [4.69, 9.17) is 4.74 Å². The van der Waals surface area contributed by atoms with E-state index < -0.39 is 0 Å². The molecule has 0 aromatic heterocycles. The van der Waals surface area contributed by atoms with Crippen LogP contribution in [0.5, 0.6) is 5.75 Å². The van der Waals surface area contributed by atoms with Gasteiger partial charge in [0.25, 0.3) is 0 Å². The molecule has 0 saturated carbocycles. The Morgan fingerprint density at radius 1 is 1.23 bits per heavy atom. The van der Waals surface area contributed by atoms with Crippen molar-refractivity contribution >= 4 is 0 Å². The van der Waals surface area contributed by atoms with Crippen molar-refractivity contribution in [2.24, 2.45) is 0 Å². The van der Waals surface area contributed by atoms with Gasteiger partial charge in [-0.25, -0.2) is 0 Å². The van der Waals surface area contributed by atoms with Crippen molar-refractivity contribution in [2.75, 3.05) is 27.2 Å². The summed E-state index contributed by atoms with van der Waals surface area (Å²) in [7, 11) is 4.24. The third-order valence-electron chi connectivity index (χ3n) is 5.22. The number of likely N-dealkylation sites (N-methyl/N-ethyl adjacent to an activating group) is 1. The van der Waals surface area contributed by atoms with Crippen molar-refractivity contribution in [2.45, 2.75) is 58.6 Å². The molecule has 124 valence electrons. The van der Waals surface area contributed by atoms with Crippen LogP contribution in [0.4, 0.5) is 0 Å². The summed E-state index contributed by atoms with van der Waals surface area (Å²) in [5.41, 5.74) is 3.91. The monoisotopic (exact) mass is 304 g/mol. The van der Waals surface area contributed by atoms with Gasteiger partial charge < -0.3 is 15.0 Å². The van der Waals surface area contributed by atoms with Gasteiger partial charge >= 0.3 is 0 Å². The SMILES string of the molecule is CCC1(CC)CC(NCCN(C)C)c2ccc(C)c(C)c2O1. The zero-order valence-corrected chi connectivity index (χ0v) is 15.1. The molecule has 0 bridgehead atoms. The molecule has 1 unspecified atom stereocenters. The van der Waals surface area contributed by atoms with Crippen molar-refractivity contribution in [3.8, 4) is 5.75 Å². The van der Waals surface area contributed by atoms with E-state index in [0.29, 0.717) is 6.04 Å². The average molecular weight is 304 g/mol. The molecule has 0 fully saturated rings. The van der Waals surface area contributed by atoms with Gasteiger partial charge in [-0.2, -0.15) is 0 Å². The van der Waals surface area contributed by atoms with Gasteiger partial charge in [-0.05, 0) is 51.9 Å². The van der Waals surface area contributed by atoms with E-state index in [1.807, 2.05) is 0 Å². The summed E-state index contributed by atoms with van der Waals surface area (Å²) in [6.45, 7) is 10.9. The lowest BCUT2D eigenvalue weighted by Crippen LogP contribution is -2.44. The molecule has 0 aliphatic carbocycles. The van der Waals surface area contributed by atoms with Crippen LogP contribution in [-0.2, 0) is 0 Å². The molecular formula is C19H32N2O. The minimum Gasteiger partial charge on any atom is -0.487 e. The summed E-state index contributed by atoms with van der Waals surface area (Å²) in [5, 5.41) is 3.76. The van der Waals surface area contributed by atoms with Gasteiger partial charge in [0.2, 0.25) is 0 Å². The van der Waals surface area contributed by atoms with E-state index in [2.05, 4.69) is 64.1 Å². The number of fused-ring (bicyclic) bond motifs is 1. The molecule has 1 aliphatic rings. The van der Waals surface area contributed by atoms with Crippen LogP contribution < -0.4 is 10.1 Å². The fourth-order valence-corrected chi connectivity index (χ4v) is 3.29. The van der Waals surface area contributed by atoms with Gasteiger partial charge in [-0.15, -0.1) is 0 Å². The second kappa shape index (κ2) is 7.01. The van der Waals surface area contributed by atoms with Crippen LogP contribution in [0.25, 0.3) is 0 Å². The average Bonchev–Trinajstić information content (AvgIpc) is 2.50. The second-order valence-corrected chi connectivity index (χ2v) is 6.93. The van der Waals surface area contributed by atoms with Crippen LogP contribution in [0.1, 0.15) is 55.8 Å². The standard InChI is InChI=1S/C19H32N2O/c1-7-19(8-2)13-17(20-11-12-21(5)6)16-10-9-14(3)15(4)18(16)22-19/h9-10,17,20H,7-8,11-13H2,1-6H3. The summed E-state index contributed by atoms with van der Waals surface area (Å²) in [6, 6.07) is 4.87. The minimum atomic E-state index is -0.0265. The Balaban J connectivity index is 2.31. The Kier molecular flexibility index (Phi) is 5.51. The predicted molar refractivity (Wildman–Crippen MR) is 93.8 cm³/mol.